The Morgan fingerprint density at radius 2 is 1.95 bits per heavy atom. The van der Waals surface area contributed by atoms with Gasteiger partial charge in [-0.25, -0.2) is 4.79 Å². The van der Waals surface area contributed by atoms with E-state index in [0.29, 0.717) is 24.5 Å². The van der Waals surface area contributed by atoms with Crippen molar-refractivity contribution in [3.8, 4) is 0 Å². The monoisotopic (exact) mass is 313 g/mol. The van der Waals surface area contributed by atoms with E-state index in [9.17, 15) is 9.59 Å². The number of halogens is 1. The van der Waals surface area contributed by atoms with Gasteiger partial charge in [0.1, 0.15) is 11.3 Å². The maximum absolute atomic E-state index is 11.7. The lowest BCUT2D eigenvalue weighted by Crippen LogP contribution is -2.34. The minimum absolute atomic E-state index is 0.266. The quantitative estimate of drug-likeness (QED) is 0.818. The molecule has 1 heterocycles. The summed E-state index contributed by atoms with van der Waals surface area (Å²) in [5, 5.41) is 5.77. The third kappa shape index (κ3) is 7.51. The van der Waals surface area contributed by atoms with E-state index in [1.165, 1.54) is 12.3 Å². The van der Waals surface area contributed by atoms with Gasteiger partial charge in [0.2, 0.25) is 0 Å². The molecule has 0 saturated heterocycles. The largest absolute Gasteiger partial charge is 0.444 e. The highest BCUT2D eigenvalue weighted by atomic mass is 35.5. The van der Waals surface area contributed by atoms with E-state index in [4.69, 9.17) is 16.3 Å². The summed E-state index contributed by atoms with van der Waals surface area (Å²) in [6.07, 6.45) is 1.60. The number of rotatable bonds is 5. The minimum Gasteiger partial charge on any atom is -0.444 e. The van der Waals surface area contributed by atoms with E-state index in [2.05, 4.69) is 15.6 Å². The van der Waals surface area contributed by atoms with E-state index in [0.717, 1.165) is 0 Å². The molecule has 0 aliphatic carbocycles. The highest BCUT2D eigenvalue weighted by Gasteiger charge is 2.15. The van der Waals surface area contributed by atoms with Gasteiger partial charge in [0.05, 0.1) is 0 Å². The van der Waals surface area contributed by atoms with Crippen molar-refractivity contribution in [2.45, 2.75) is 32.8 Å². The summed E-state index contributed by atoms with van der Waals surface area (Å²) in [7, 11) is 0. The van der Waals surface area contributed by atoms with Crippen molar-refractivity contribution in [3.63, 3.8) is 0 Å². The van der Waals surface area contributed by atoms with Gasteiger partial charge >= 0.3 is 6.09 Å². The summed E-state index contributed by atoms with van der Waals surface area (Å²) >= 11 is 5.78. The summed E-state index contributed by atoms with van der Waals surface area (Å²) in [5.74, 6) is -0.297. The first kappa shape index (κ1) is 17.2. The molecule has 2 amide bonds. The lowest BCUT2D eigenvalue weighted by atomic mass is 10.2. The van der Waals surface area contributed by atoms with Crippen LogP contribution in [0.3, 0.4) is 0 Å². The van der Waals surface area contributed by atoms with Crippen molar-refractivity contribution in [1.29, 1.82) is 0 Å². The SMILES string of the molecule is CC(C)(C)OC(=O)NCCCNC(=O)c1cc(Cl)ccn1. The Morgan fingerprint density at radius 1 is 1.29 bits per heavy atom. The second kappa shape index (κ2) is 7.83. The van der Waals surface area contributed by atoms with Gasteiger partial charge in [-0.3, -0.25) is 9.78 Å². The Balaban J connectivity index is 2.20. The number of amides is 2. The van der Waals surface area contributed by atoms with Crippen molar-refractivity contribution in [2.24, 2.45) is 0 Å². The fourth-order valence-corrected chi connectivity index (χ4v) is 1.57. The van der Waals surface area contributed by atoms with E-state index in [1.54, 1.807) is 26.8 Å². The third-order valence-corrected chi connectivity index (χ3v) is 2.50. The van der Waals surface area contributed by atoms with E-state index in [1.807, 2.05) is 0 Å². The Labute approximate surface area is 129 Å². The van der Waals surface area contributed by atoms with Crippen molar-refractivity contribution in [1.82, 2.24) is 15.6 Å². The number of ether oxygens (including phenoxy) is 1. The second-order valence-electron chi connectivity index (χ2n) is 5.40. The first-order valence-electron chi connectivity index (χ1n) is 6.64. The molecule has 0 unspecified atom stereocenters. The Morgan fingerprint density at radius 3 is 2.57 bits per heavy atom. The van der Waals surface area contributed by atoms with Crippen LogP contribution in [0.1, 0.15) is 37.7 Å². The summed E-state index contributed by atoms with van der Waals surface area (Å²) in [5.41, 5.74) is -0.251. The summed E-state index contributed by atoms with van der Waals surface area (Å²) in [4.78, 5) is 27.0. The number of nitrogens with zero attached hydrogens (tertiary/aromatic N) is 1. The van der Waals surface area contributed by atoms with Gasteiger partial charge in [-0.2, -0.15) is 0 Å². The van der Waals surface area contributed by atoms with Crippen molar-refractivity contribution in [3.05, 3.63) is 29.0 Å². The number of alkyl carbamates (subject to hydrolysis) is 1. The standard InChI is InChI=1S/C14H20ClN3O3/c1-14(2,3)21-13(20)18-7-4-6-17-12(19)11-9-10(15)5-8-16-11/h5,8-9H,4,6-7H2,1-3H3,(H,17,19)(H,18,20). The van der Waals surface area contributed by atoms with Gasteiger partial charge < -0.3 is 15.4 Å². The van der Waals surface area contributed by atoms with Gasteiger partial charge in [0.25, 0.3) is 5.91 Å². The summed E-state index contributed by atoms with van der Waals surface area (Å²) in [6, 6.07) is 3.10. The average Bonchev–Trinajstić information content (AvgIpc) is 2.36. The van der Waals surface area contributed by atoms with Crippen LogP contribution >= 0.6 is 11.6 Å². The molecule has 0 saturated carbocycles. The first-order chi connectivity index (χ1) is 9.78. The van der Waals surface area contributed by atoms with Gasteiger partial charge in [-0.05, 0) is 39.3 Å². The Bertz CT molecular complexity index is 500. The predicted molar refractivity (Wildman–Crippen MR) is 80.4 cm³/mol. The van der Waals surface area contributed by atoms with E-state index < -0.39 is 11.7 Å². The number of carbonyl (C=O) groups is 2. The predicted octanol–water partition coefficient (Wildman–Crippen LogP) is 2.38. The summed E-state index contributed by atoms with van der Waals surface area (Å²) in [6.45, 7) is 6.22. The van der Waals surface area contributed by atoms with E-state index >= 15 is 0 Å². The van der Waals surface area contributed by atoms with Crippen LogP contribution in [0.2, 0.25) is 5.02 Å². The molecular weight excluding hydrogens is 294 g/mol. The number of pyridine rings is 1. The zero-order valence-electron chi connectivity index (χ0n) is 12.4. The number of hydrogen-bond donors (Lipinski definition) is 2. The smallest absolute Gasteiger partial charge is 0.407 e. The molecule has 6 nitrogen and oxygen atoms in total. The lowest BCUT2D eigenvalue weighted by Gasteiger charge is -2.19. The minimum atomic E-state index is -0.517. The van der Waals surface area contributed by atoms with Crippen LogP contribution in [-0.2, 0) is 4.74 Å². The molecule has 1 aromatic heterocycles. The first-order valence-corrected chi connectivity index (χ1v) is 7.02. The number of hydrogen-bond acceptors (Lipinski definition) is 4. The molecule has 1 aromatic rings. The molecule has 0 aliphatic heterocycles. The van der Waals surface area contributed by atoms with Crippen LogP contribution in [0.25, 0.3) is 0 Å². The number of carbonyl (C=O) groups excluding carboxylic acids is 2. The van der Waals surface area contributed by atoms with Crippen molar-refractivity contribution in [2.75, 3.05) is 13.1 Å². The molecular formula is C14H20ClN3O3. The maximum atomic E-state index is 11.7. The highest BCUT2D eigenvalue weighted by Crippen LogP contribution is 2.08. The molecule has 1 rings (SSSR count). The molecule has 7 heteroatoms. The third-order valence-electron chi connectivity index (χ3n) is 2.26. The molecule has 0 radical (unpaired) electrons. The normalized spacial score (nSPS) is 10.9. The molecule has 2 N–H and O–H groups in total. The molecule has 116 valence electrons. The molecule has 0 spiro atoms. The molecule has 0 atom stereocenters. The van der Waals surface area contributed by atoms with Gasteiger partial charge in [0.15, 0.2) is 0 Å². The van der Waals surface area contributed by atoms with E-state index in [-0.39, 0.29) is 11.6 Å². The number of aromatic nitrogens is 1. The lowest BCUT2D eigenvalue weighted by molar-refractivity contribution is 0.0527. The average molecular weight is 314 g/mol. The second-order valence-corrected chi connectivity index (χ2v) is 5.83. The highest BCUT2D eigenvalue weighted by molar-refractivity contribution is 6.30. The zero-order chi connectivity index (χ0) is 15.9. The summed E-state index contributed by atoms with van der Waals surface area (Å²) < 4.78 is 5.09. The van der Waals surface area contributed by atoms with Crippen LogP contribution in [0.4, 0.5) is 4.79 Å². The van der Waals surface area contributed by atoms with Crippen molar-refractivity contribution < 1.29 is 14.3 Å². The molecule has 0 aromatic carbocycles. The fraction of sp³-hybridized carbons (Fsp3) is 0.500. The van der Waals surface area contributed by atoms with Crippen LogP contribution in [0, 0.1) is 0 Å². The van der Waals surface area contributed by atoms with Crippen LogP contribution in [0.5, 0.6) is 0 Å². The molecule has 0 aliphatic rings. The molecule has 21 heavy (non-hydrogen) atoms. The topological polar surface area (TPSA) is 80.3 Å². The van der Waals surface area contributed by atoms with Gasteiger partial charge in [0, 0.05) is 24.3 Å². The van der Waals surface area contributed by atoms with Crippen LogP contribution in [0.15, 0.2) is 18.3 Å². The van der Waals surface area contributed by atoms with Crippen molar-refractivity contribution >= 4 is 23.6 Å². The maximum Gasteiger partial charge on any atom is 0.407 e. The van der Waals surface area contributed by atoms with Gasteiger partial charge in [-0.1, -0.05) is 11.6 Å². The molecule has 0 bridgehead atoms. The van der Waals surface area contributed by atoms with Crippen LogP contribution in [-0.4, -0.2) is 35.7 Å². The van der Waals surface area contributed by atoms with Crippen LogP contribution < -0.4 is 10.6 Å². The zero-order valence-corrected chi connectivity index (χ0v) is 13.2. The fourth-order valence-electron chi connectivity index (χ4n) is 1.41. The number of nitrogens with one attached hydrogen (secondary N) is 2. The Kier molecular flexibility index (Phi) is 6.42. The van der Waals surface area contributed by atoms with Gasteiger partial charge in [-0.15, -0.1) is 0 Å². The Hall–Kier alpha value is -1.82. The molecule has 0 fully saturated rings.